The van der Waals surface area contributed by atoms with Crippen LogP contribution in [0.2, 0.25) is 0 Å². The molecule has 0 radical (unpaired) electrons. The molecule has 0 bridgehead atoms. The molecule has 1 aliphatic carbocycles. The van der Waals surface area contributed by atoms with Crippen molar-refractivity contribution >= 4 is 11.6 Å². The maximum absolute atomic E-state index is 6.16. The Hall–Kier alpha value is 0.0300. The molecule has 0 aromatic heterocycles. The molecule has 1 aliphatic rings. The molecule has 0 N–H and O–H groups in total. The first-order valence-corrected chi connectivity index (χ1v) is 4.77. The van der Waals surface area contributed by atoms with Crippen LogP contribution in [0.5, 0.6) is 0 Å². The molecule has 2 unspecified atom stereocenters. The minimum absolute atomic E-state index is 0.0641. The predicted molar refractivity (Wildman–Crippen MR) is 51.0 cm³/mol. The molecule has 0 aromatic rings. The summed E-state index contributed by atoms with van der Waals surface area (Å²) in [7, 11) is 0. The van der Waals surface area contributed by atoms with Gasteiger partial charge in [-0.15, -0.1) is 11.6 Å². The number of allylic oxidation sites excluding steroid dienone is 2. The highest BCUT2D eigenvalue weighted by molar-refractivity contribution is 6.25. The highest BCUT2D eigenvalue weighted by Gasteiger charge is 2.24. The van der Waals surface area contributed by atoms with Gasteiger partial charge in [-0.05, 0) is 31.6 Å². The van der Waals surface area contributed by atoms with Gasteiger partial charge in [-0.1, -0.05) is 26.0 Å². The molecule has 0 nitrogen and oxygen atoms in total. The molecule has 0 saturated carbocycles. The fourth-order valence-corrected chi connectivity index (χ4v) is 1.69. The van der Waals surface area contributed by atoms with Gasteiger partial charge in [-0.2, -0.15) is 0 Å². The average molecular weight is 173 g/mol. The number of rotatable bonds is 1. The van der Waals surface area contributed by atoms with Crippen LogP contribution in [0.3, 0.4) is 0 Å². The van der Waals surface area contributed by atoms with E-state index in [4.69, 9.17) is 11.6 Å². The Kier molecular flexibility index (Phi) is 2.64. The van der Waals surface area contributed by atoms with E-state index in [2.05, 4.69) is 32.9 Å². The Morgan fingerprint density at radius 2 is 2.18 bits per heavy atom. The molecule has 0 heterocycles. The van der Waals surface area contributed by atoms with E-state index in [0.717, 1.165) is 18.3 Å². The summed E-state index contributed by atoms with van der Waals surface area (Å²) >= 11 is 6.16. The minimum atomic E-state index is -0.0641. The molecule has 0 saturated heterocycles. The van der Waals surface area contributed by atoms with Crippen molar-refractivity contribution in [3.8, 4) is 0 Å². The second-order valence-corrected chi connectivity index (χ2v) is 4.95. The van der Waals surface area contributed by atoms with Gasteiger partial charge in [-0.25, -0.2) is 0 Å². The van der Waals surface area contributed by atoms with E-state index in [1.165, 1.54) is 6.42 Å². The number of hydrogen-bond acceptors (Lipinski definition) is 0. The van der Waals surface area contributed by atoms with Crippen molar-refractivity contribution in [2.75, 3.05) is 0 Å². The largest absolute Gasteiger partial charge is 0.115 e. The third kappa shape index (κ3) is 2.52. The first-order chi connectivity index (χ1) is 5.01. The second-order valence-electron chi connectivity index (χ2n) is 4.08. The highest BCUT2D eigenvalue weighted by Crippen LogP contribution is 2.33. The third-order valence-corrected chi connectivity index (χ3v) is 2.83. The zero-order valence-electron chi connectivity index (χ0n) is 7.60. The van der Waals surface area contributed by atoms with Crippen molar-refractivity contribution in [3.05, 3.63) is 12.2 Å². The second kappa shape index (κ2) is 3.18. The molecular weight excluding hydrogens is 156 g/mol. The lowest BCUT2D eigenvalue weighted by Gasteiger charge is -2.28. The Morgan fingerprint density at radius 1 is 1.55 bits per heavy atom. The summed E-state index contributed by atoms with van der Waals surface area (Å²) in [6, 6.07) is 0. The Labute approximate surface area is 74.6 Å². The molecule has 0 fully saturated rings. The van der Waals surface area contributed by atoms with Crippen LogP contribution in [0.25, 0.3) is 0 Å². The van der Waals surface area contributed by atoms with Crippen LogP contribution in [0.15, 0.2) is 12.2 Å². The molecule has 2 atom stereocenters. The van der Waals surface area contributed by atoms with Crippen LogP contribution in [0.4, 0.5) is 0 Å². The molecule has 0 spiro atoms. The summed E-state index contributed by atoms with van der Waals surface area (Å²) in [5.41, 5.74) is 0. The van der Waals surface area contributed by atoms with E-state index in [1.807, 2.05) is 0 Å². The van der Waals surface area contributed by atoms with Crippen LogP contribution in [0.1, 0.15) is 33.6 Å². The van der Waals surface area contributed by atoms with Crippen LogP contribution in [0, 0.1) is 11.8 Å². The third-order valence-electron chi connectivity index (χ3n) is 2.51. The first-order valence-electron chi connectivity index (χ1n) is 4.39. The standard InChI is InChI=1S/C10H17Cl/c1-8(2)9-4-6-10(3,11)7-5-9/h4,6,8-9H,5,7H2,1-3H3. The maximum atomic E-state index is 6.16. The number of halogens is 1. The number of hydrogen-bond donors (Lipinski definition) is 0. The summed E-state index contributed by atoms with van der Waals surface area (Å²) in [5.74, 6) is 1.51. The SMILES string of the molecule is CC(C)C1C=CC(C)(Cl)CC1. The molecule has 1 rings (SSSR count). The van der Waals surface area contributed by atoms with Gasteiger partial charge in [0.05, 0.1) is 4.87 Å². The molecular formula is C10H17Cl. The molecule has 1 heteroatoms. The van der Waals surface area contributed by atoms with Gasteiger partial charge in [0.1, 0.15) is 0 Å². The Bertz CT molecular complexity index is 156. The van der Waals surface area contributed by atoms with Gasteiger partial charge < -0.3 is 0 Å². The maximum Gasteiger partial charge on any atom is 0.0598 e. The van der Waals surface area contributed by atoms with E-state index in [9.17, 15) is 0 Å². The first kappa shape index (κ1) is 9.12. The highest BCUT2D eigenvalue weighted by atomic mass is 35.5. The predicted octanol–water partition coefficient (Wildman–Crippen LogP) is 3.61. The van der Waals surface area contributed by atoms with Crippen molar-refractivity contribution in [3.63, 3.8) is 0 Å². The van der Waals surface area contributed by atoms with E-state index >= 15 is 0 Å². The molecule has 0 aliphatic heterocycles. The smallest absolute Gasteiger partial charge is 0.0598 e. The number of alkyl halides is 1. The topological polar surface area (TPSA) is 0 Å². The van der Waals surface area contributed by atoms with Crippen molar-refractivity contribution in [1.82, 2.24) is 0 Å². The quantitative estimate of drug-likeness (QED) is 0.419. The van der Waals surface area contributed by atoms with Crippen molar-refractivity contribution < 1.29 is 0 Å². The van der Waals surface area contributed by atoms with Crippen LogP contribution in [-0.2, 0) is 0 Å². The fourth-order valence-electron chi connectivity index (χ4n) is 1.51. The molecule has 0 amide bonds. The summed E-state index contributed by atoms with van der Waals surface area (Å²) < 4.78 is 0. The van der Waals surface area contributed by atoms with E-state index in [-0.39, 0.29) is 4.87 Å². The molecule has 64 valence electrons. The lowest BCUT2D eigenvalue weighted by molar-refractivity contribution is 0.392. The van der Waals surface area contributed by atoms with Crippen molar-refractivity contribution in [1.29, 1.82) is 0 Å². The van der Waals surface area contributed by atoms with E-state index in [0.29, 0.717) is 0 Å². The van der Waals surface area contributed by atoms with Gasteiger partial charge in [0.25, 0.3) is 0 Å². The monoisotopic (exact) mass is 172 g/mol. The minimum Gasteiger partial charge on any atom is -0.115 e. The lowest BCUT2D eigenvalue weighted by atomic mass is 9.83. The lowest BCUT2D eigenvalue weighted by Crippen LogP contribution is -2.21. The Balaban J connectivity index is 2.56. The van der Waals surface area contributed by atoms with Crippen molar-refractivity contribution in [2.45, 2.75) is 38.5 Å². The van der Waals surface area contributed by atoms with Crippen LogP contribution >= 0.6 is 11.6 Å². The molecule has 11 heavy (non-hydrogen) atoms. The summed E-state index contributed by atoms with van der Waals surface area (Å²) in [5, 5.41) is 0. The zero-order valence-corrected chi connectivity index (χ0v) is 8.36. The Morgan fingerprint density at radius 3 is 2.55 bits per heavy atom. The van der Waals surface area contributed by atoms with Gasteiger partial charge in [0, 0.05) is 0 Å². The van der Waals surface area contributed by atoms with Gasteiger partial charge >= 0.3 is 0 Å². The van der Waals surface area contributed by atoms with Crippen LogP contribution < -0.4 is 0 Å². The van der Waals surface area contributed by atoms with E-state index < -0.39 is 0 Å². The van der Waals surface area contributed by atoms with Crippen LogP contribution in [-0.4, -0.2) is 4.87 Å². The van der Waals surface area contributed by atoms with E-state index in [1.54, 1.807) is 0 Å². The van der Waals surface area contributed by atoms with Gasteiger partial charge in [0.15, 0.2) is 0 Å². The zero-order chi connectivity index (χ0) is 8.48. The average Bonchev–Trinajstić information content (AvgIpc) is 1.86. The summed E-state index contributed by atoms with van der Waals surface area (Å²) in [4.78, 5) is -0.0641. The molecule has 0 aromatic carbocycles. The van der Waals surface area contributed by atoms with Crippen molar-refractivity contribution in [2.24, 2.45) is 11.8 Å². The van der Waals surface area contributed by atoms with Gasteiger partial charge in [-0.3, -0.25) is 0 Å². The van der Waals surface area contributed by atoms with Gasteiger partial charge in [0.2, 0.25) is 0 Å². The summed E-state index contributed by atoms with van der Waals surface area (Å²) in [6.45, 7) is 6.62. The fraction of sp³-hybridized carbons (Fsp3) is 0.800. The summed E-state index contributed by atoms with van der Waals surface area (Å²) in [6.07, 6.45) is 6.80. The normalized spacial score (nSPS) is 38.1.